The Bertz CT molecular complexity index is 918. The number of benzene rings is 2. The molecule has 2 atom stereocenters. The van der Waals surface area contributed by atoms with Gasteiger partial charge in [0, 0.05) is 24.4 Å². The van der Waals surface area contributed by atoms with Crippen molar-refractivity contribution in [1.29, 1.82) is 0 Å². The van der Waals surface area contributed by atoms with E-state index in [9.17, 15) is 9.90 Å². The Morgan fingerprint density at radius 1 is 1.10 bits per heavy atom. The van der Waals surface area contributed by atoms with Crippen molar-refractivity contribution in [2.45, 2.75) is 25.5 Å². The Morgan fingerprint density at radius 3 is 2.48 bits per heavy atom. The van der Waals surface area contributed by atoms with Crippen LogP contribution in [-0.4, -0.2) is 28.3 Å². The quantitative estimate of drug-likeness (QED) is 0.528. The molecule has 0 aliphatic rings. The number of aromatic nitrogens is 1. The normalized spacial score (nSPS) is 12.7. The molecule has 29 heavy (non-hydrogen) atoms. The minimum absolute atomic E-state index is 0.391. The van der Waals surface area contributed by atoms with Gasteiger partial charge in [-0.3, -0.25) is 0 Å². The second-order valence-corrected chi connectivity index (χ2v) is 7.02. The van der Waals surface area contributed by atoms with E-state index in [0.717, 1.165) is 5.56 Å². The number of aliphatic hydroxyl groups excluding tert-OH is 1. The number of aliphatic hydroxyl groups is 1. The molecule has 7 heteroatoms. The fraction of sp³-hybridized carbons (Fsp3) is 0.182. The van der Waals surface area contributed by atoms with Crippen molar-refractivity contribution in [3.63, 3.8) is 0 Å². The van der Waals surface area contributed by atoms with Crippen LogP contribution in [0.3, 0.4) is 0 Å². The fourth-order valence-electron chi connectivity index (χ4n) is 2.65. The number of nitrogens with zero attached hydrogens (tertiary/aromatic N) is 1. The van der Waals surface area contributed by atoms with Crippen LogP contribution in [0.5, 0.6) is 11.6 Å². The molecule has 150 valence electrons. The fourth-order valence-corrected chi connectivity index (χ4v) is 2.76. The van der Waals surface area contributed by atoms with E-state index < -0.39 is 18.2 Å². The van der Waals surface area contributed by atoms with Gasteiger partial charge in [-0.2, -0.15) is 0 Å². The van der Waals surface area contributed by atoms with Crippen molar-refractivity contribution in [2.75, 3.05) is 5.32 Å². The van der Waals surface area contributed by atoms with Gasteiger partial charge in [0.15, 0.2) is 0 Å². The van der Waals surface area contributed by atoms with Crippen LogP contribution in [0.4, 0.5) is 10.5 Å². The predicted molar refractivity (Wildman–Crippen MR) is 114 cm³/mol. The number of hydrogen-bond acceptors (Lipinski definition) is 4. The largest absolute Gasteiger partial charge is 0.439 e. The van der Waals surface area contributed by atoms with Crippen molar-refractivity contribution < 1.29 is 14.6 Å². The Hall–Kier alpha value is -3.09. The molecule has 0 aliphatic carbocycles. The van der Waals surface area contributed by atoms with Crippen LogP contribution in [0.2, 0.25) is 5.02 Å². The van der Waals surface area contributed by atoms with Crippen LogP contribution in [0.1, 0.15) is 12.5 Å². The lowest BCUT2D eigenvalue weighted by Gasteiger charge is -2.20. The van der Waals surface area contributed by atoms with Gasteiger partial charge in [-0.25, -0.2) is 9.78 Å². The average molecular weight is 412 g/mol. The van der Waals surface area contributed by atoms with Crippen molar-refractivity contribution in [3.8, 4) is 11.6 Å². The molecule has 0 aliphatic heterocycles. The van der Waals surface area contributed by atoms with Gasteiger partial charge in [0.2, 0.25) is 5.88 Å². The Morgan fingerprint density at radius 2 is 1.83 bits per heavy atom. The molecule has 0 saturated heterocycles. The Labute approximate surface area is 174 Å². The molecule has 0 fully saturated rings. The van der Waals surface area contributed by atoms with Gasteiger partial charge in [-0.1, -0.05) is 41.9 Å². The first-order valence-electron chi connectivity index (χ1n) is 9.18. The van der Waals surface area contributed by atoms with Crippen LogP contribution >= 0.6 is 11.6 Å². The maximum atomic E-state index is 12.2. The lowest BCUT2D eigenvalue weighted by Crippen LogP contribution is -2.44. The molecule has 3 aromatic rings. The lowest BCUT2D eigenvalue weighted by molar-refractivity contribution is 0.137. The van der Waals surface area contributed by atoms with Crippen LogP contribution in [0, 0.1) is 0 Å². The van der Waals surface area contributed by atoms with E-state index in [2.05, 4.69) is 15.6 Å². The molecule has 3 N–H and O–H groups in total. The number of pyridine rings is 1. The Kier molecular flexibility index (Phi) is 7.05. The zero-order valence-corrected chi connectivity index (χ0v) is 16.6. The highest BCUT2D eigenvalue weighted by atomic mass is 35.5. The van der Waals surface area contributed by atoms with E-state index in [1.54, 1.807) is 43.3 Å². The third kappa shape index (κ3) is 6.48. The summed E-state index contributed by atoms with van der Waals surface area (Å²) in [4.78, 5) is 16.3. The molecule has 1 heterocycles. The molecule has 0 spiro atoms. The summed E-state index contributed by atoms with van der Waals surface area (Å²) in [6.07, 6.45) is 1.28. The first kappa shape index (κ1) is 20.6. The van der Waals surface area contributed by atoms with Crippen LogP contribution in [-0.2, 0) is 6.42 Å². The number of amides is 2. The minimum atomic E-state index is -0.689. The molecule has 2 aromatic carbocycles. The number of carbonyl (C=O) groups is 1. The molecular weight excluding hydrogens is 390 g/mol. The van der Waals surface area contributed by atoms with Crippen LogP contribution < -0.4 is 15.4 Å². The maximum absolute atomic E-state index is 12.2. The van der Waals surface area contributed by atoms with Gasteiger partial charge in [-0.05, 0) is 42.8 Å². The second-order valence-electron chi connectivity index (χ2n) is 6.59. The van der Waals surface area contributed by atoms with Crippen molar-refractivity contribution in [2.24, 2.45) is 0 Å². The number of halogens is 1. The summed E-state index contributed by atoms with van der Waals surface area (Å²) in [6.45, 7) is 1.77. The Balaban J connectivity index is 1.49. The molecule has 3 rings (SSSR count). The van der Waals surface area contributed by atoms with Gasteiger partial charge >= 0.3 is 6.03 Å². The van der Waals surface area contributed by atoms with E-state index in [1.807, 2.05) is 30.3 Å². The minimum Gasteiger partial charge on any atom is -0.439 e. The van der Waals surface area contributed by atoms with Gasteiger partial charge in [-0.15, -0.1) is 0 Å². The first-order valence-corrected chi connectivity index (χ1v) is 9.56. The van der Waals surface area contributed by atoms with E-state index >= 15 is 0 Å². The molecule has 2 unspecified atom stereocenters. The van der Waals surface area contributed by atoms with Gasteiger partial charge in [0.25, 0.3) is 0 Å². The third-order valence-corrected chi connectivity index (χ3v) is 4.48. The average Bonchev–Trinajstić information content (AvgIpc) is 2.72. The maximum Gasteiger partial charge on any atom is 0.319 e. The lowest BCUT2D eigenvalue weighted by atomic mass is 10.0. The number of anilines is 1. The zero-order valence-electron chi connectivity index (χ0n) is 15.9. The molecular formula is C22H22ClN3O3. The van der Waals surface area contributed by atoms with Gasteiger partial charge < -0.3 is 20.5 Å². The van der Waals surface area contributed by atoms with Crippen molar-refractivity contribution >= 4 is 23.3 Å². The highest BCUT2D eigenvalue weighted by Gasteiger charge is 2.17. The molecule has 1 aromatic heterocycles. The molecule has 0 saturated carbocycles. The predicted octanol–water partition coefficient (Wildman–Crippen LogP) is 4.64. The molecule has 0 bridgehead atoms. The highest BCUT2D eigenvalue weighted by Crippen LogP contribution is 2.22. The molecule has 2 amide bonds. The van der Waals surface area contributed by atoms with Crippen LogP contribution in [0.15, 0.2) is 72.9 Å². The number of urea groups is 1. The number of hydrogen-bond donors (Lipinski definition) is 3. The third-order valence-electron chi connectivity index (χ3n) is 4.26. The van der Waals surface area contributed by atoms with Crippen molar-refractivity contribution in [1.82, 2.24) is 10.3 Å². The van der Waals surface area contributed by atoms with Gasteiger partial charge in [0.05, 0.1) is 17.2 Å². The number of rotatable bonds is 7. The van der Waals surface area contributed by atoms with Gasteiger partial charge in [0.1, 0.15) is 5.75 Å². The van der Waals surface area contributed by atoms with E-state index in [1.165, 1.54) is 6.20 Å². The summed E-state index contributed by atoms with van der Waals surface area (Å²) in [6, 6.07) is 19.1. The summed E-state index contributed by atoms with van der Waals surface area (Å²) < 4.78 is 5.61. The van der Waals surface area contributed by atoms with Crippen LogP contribution in [0.25, 0.3) is 0 Å². The highest BCUT2D eigenvalue weighted by molar-refractivity contribution is 6.30. The summed E-state index contributed by atoms with van der Waals surface area (Å²) >= 11 is 5.80. The number of ether oxygens (including phenoxy) is 1. The molecule has 6 nitrogen and oxygen atoms in total. The van der Waals surface area contributed by atoms with E-state index in [0.29, 0.717) is 28.8 Å². The topological polar surface area (TPSA) is 83.5 Å². The summed E-state index contributed by atoms with van der Waals surface area (Å²) in [5.74, 6) is 1.01. The standard InChI is InChI=1S/C22H22ClN3O3/c1-15(20(27)13-16-5-3-2-4-6-16)25-22(28)26-18-8-10-19(11-9-18)29-21-12-7-17(23)14-24-21/h2-12,14-15,20,27H,13H2,1H3,(H2,25,26,28). The summed E-state index contributed by atoms with van der Waals surface area (Å²) in [5.41, 5.74) is 1.61. The first-order chi connectivity index (χ1) is 14.0. The monoisotopic (exact) mass is 411 g/mol. The zero-order chi connectivity index (χ0) is 20.6. The van der Waals surface area contributed by atoms with E-state index in [-0.39, 0.29) is 0 Å². The van der Waals surface area contributed by atoms with Crippen molar-refractivity contribution in [3.05, 3.63) is 83.5 Å². The summed E-state index contributed by atoms with van der Waals surface area (Å²) in [7, 11) is 0. The smallest absolute Gasteiger partial charge is 0.319 e. The number of carbonyl (C=O) groups excluding carboxylic acids is 1. The number of nitrogens with one attached hydrogen (secondary N) is 2. The second kappa shape index (κ2) is 9.91. The molecule has 0 radical (unpaired) electrons. The summed E-state index contributed by atoms with van der Waals surface area (Å²) in [5, 5.41) is 16.3. The van der Waals surface area contributed by atoms with E-state index in [4.69, 9.17) is 16.3 Å². The SMILES string of the molecule is CC(NC(=O)Nc1ccc(Oc2ccc(Cl)cn2)cc1)C(O)Cc1ccccc1.